The van der Waals surface area contributed by atoms with Crippen LogP contribution < -0.4 is 0 Å². The zero-order chi connectivity index (χ0) is 10.7. The maximum Gasteiger partial charge on any atom is 0.109 e. The van der Waals surface area contributed by atoms with Gasteiger partial charge in [-0.1, -0.05) is 25.5 Å². The highest BCUT2D eigenvalue weighted by Gasteiger charge is 2.30. The van der Waals surface area contributed by atoms with E-state index in [2.05, 4.69) is 26.0 Å². The first-order chi connectivity index (χ1) is 7.33. The minimum absolute atomic E-state index is 0.176. The molecule has 2 heterocycles. The predicted octanol–water partition coefficient (Wildman–Crippen LogP) is 2.85. The molecule has 0 aliphatic carbocycles. The average Bonchev–Trinajstić information content (AvgIpc) is 2.66. The van der Waals surface area contributed by atoms with Gasteiger partial charge in [-0.3, -0.25) is 0 Å². The summed E-state index contributed by atoms with van der Waals surface area (Å²) in [4.78, 5) is 0. The Bertz CT molecular complexity index is 278. The van der Waals surface area contributed by atoms with Crippen molar-refractivity contribution in [2.24, 2.45) is 0 Å². The number of rotatable bonds is 3. The number of fused-ring (bicyclic) bond motifs is 1. The summed E-state index contributed by atoms with van der Waals surface area (Å²) in [6.07, 6.45) is 8.48. The maximum absolute atomic E-state index is 5.70. The summed E-state index contributed by atoms with van der Waals surface area (Å²) in [6.45, 7) is 5.81. The van der Waals surface area contributed by atoms with E-state index in [-0.39, 0.29) is 12.2 Å². The third-order valence-electron chi connectivity index (χ3n) is 3.17. The Morgan fingerprint density at radius 3 is 2.87 bits per heavy atom. The summed E-state index contributed by atoms with van der Waals surface area (Å²) >= 11 is 0. The molecule has 0 aromatic rings. The predicted molar refractivity (Wildman–Crippen MR) is 60.8 cm³/mol. The summed E-state index contributed by atoms with van der Waals surface area (Å²) in [5.74, 6) is 0. The van der Waals surface area contributed by atoms with Crippen molar-refractivity contribution in [2.75, 3.05) is 13.2 Å². The van der Waals surface area contributed by atoms with Crippen LogP contribution in [0, 0.1) is 0 Å². The Labute approximate surface area is 92.0 Å². The third-order valence-corrected chi connectivity index (χ3v) is 3.17. The van der Waals surface area contributed by atoms with Gasteiger partial charge in [0.15, 0.2) is 0 Å². The standard InChI is InChI=1S/C13H20O2/c1-3-4-5-11-6-8-14-10(2)13-12(11)7-9-15-13/h6-7,10,13H,3-5,8-9H2,1-2H3/t10-,13-/m0/s1. The van der Waals surface area contributed by atoms with Crippen LogP contribution in [0.5, 0.6) is 0 Å². The van der Waals surface area contributed by atoms with Crippen LogP contribution in [0.2, 0.25) is 0 Å². The molecule has 2 rings (SSSR count). The smallest absolute Gasteiger partial charge is 0.109 e. The average molecular weight is 208 g/mol. The van der Waals surface area contributed by atoms with E-state index in [1.54, 1.807) is 0 Å². The molecule has 0 N–H and O–H groups in total. The number of hydrogen-bond acceptors (Lipinski definition) is 2. The van der Waals surface area contributed by atoms with E-state index in [4.69, 9.17) is 9.47 Å². The van der Waals surface area contributed by atoms with Crippen molar-refractivity contribution in [1.82, 2.24) is 0 Å². The molecule has 15 heavy (non-hydrogen) atoms. The van der Waals surface area contributed by atoms with Crippen LogP contribution in [0.15, 0.2) is 23.3 Å². The highest BCUT2D eigenvalue weighted by Crippen LogP contribution is 2.31. The van der Waals surface area contributed by atoms with Crippen LogP contribution in [-0.2, 0) is 9.47 Å². The number of hydrogen-bond donors (Lipinski definition) is 0. The highest BCUT2D eigenvalue weighted by atomic mass is 16.5. The fourth-order valence-electron chi connectivity index (χ4n) is 2.27. The van der Waals surface area contributed by atoms with Crippen LogP contribution >= 0.6 is 0 Å². The first kappa shape index (κ1) is 10.9. The zero-order valence-electron chi connectivity index (χ0n) is 9.66. The van der Waals surface area contributed by atoms with Gasteiger partial charge in [0.1, 0.15) is 6.10 Å². The van der Waals surface area contributed by atoms with E-state index in [1.807, 2.05) is 0 Å². The van der Waals surface area contributed by atoms with Gasteiger partial charge in [-0.2, -0.15) is 0 Å². The van der Waals surface area contributed by atoms with Gasteiger partial charge in [-0.25, -0.2) is 0 Å². The summed E-state index contributed by atoms with van der Waals surface area (Å²) in [7, 11) is 0. The molecule has 0 spiro atoms. The van der Waals surface area contributed by atoms with Crippen molar-refractivity contribution >= 4 is 0 Å². The zero-order valence-corrected chi connectivity index (χ0v) is 9.66. The van der Waals surface area contributed by atoms with E-state index in [9.17, 15) is 0 Å². The Morgan fingerprint density at radius 2 is 2.07 bits per heavy atom. The molecule has 2 aliphatic heterocycles. The topological polar surface area (TPSA) is 18.5 Å². The lowest BCUT2D eigenvalue weighted by Crippen LogP contribution is -2.27. The normalized spacial score (nSPS) is 30.5. The van der Waals surface area contributed by atoms with Gasteiger partial charge in [0, 0.05) is 0 Å². The molecule has 84 valence electrons. The van der Waals surface area contributed by atoms with E-state index in [0.29, 0.717) is 0 Å². The van der Waals surface area contributed by atoms with Crippen molar-refractivity contribution in [2.45, 2.75) is 45.3 Å². The van der Waals surface area contributed by atoms with Gasteiger partial charge in [0.25, 0.3) is 0 Å². The van der Waals surface area contributed by atoms with E-state index >= 15 is 0 Å². The summed E-state index contributed by atoms with van der Waals surface area (Å²) in [5, 5.41) is 0. The second-order valence-corrected chi connectivity index (χ2v) is 4.28. The van der Waals surface area contributed by atoms with Crippen LogP contribution in [0.4, 0.5) is 0 Å². The molecular formula is C13H20O2. The largest absolute Gasteiger partial charge is 0.371 e. The van der Waals surface area contributed by atoms with Gasteiger partial charge in [0.2, 0.25) is 0 Å². The summed E-state index contributed by atoms with van der Waals surface area (Å²) in [6, 6.07) is 0. The Morgan fingerprint density at radius 1 is 1.27 bits per heavy atom. The van der Waals surface area contributed by atoms with Crippen LogP contribution in [0.25, 0.3) is 0 Å². The third kappa shape index (κ3) is 2.32. The molecular weight excluding hydrogens is 188 g/mol. The maximum atomic E-state index is 5.70. The Kier molecular flexibility index (Phi) is 3.60. The molecule has 2 nitrogen and oxygen atoms in total. The lowest BCUT2D eigenvalue weighted by atomic mass is 9.95. The molecule has 0 saturated heterocycles. The molecule has 0 unspecified atom stereocenters. The monoisotopic (exact) mass is 208 g/mol. The van der Waals surface area contributed by atoms with Crippen molar-refractivity contribution in [3.8, 4) is 0 Å². The van der Waals surface area contributed by atoms with Crippen LogP contribution in [0.3, 0.4) is 0 Å². The van der Waals surface area contributed by atoms with Crippen molar-refractivity contribution < 1.29 is 9.47 Å². The molecule has 2 aliphatic rings. The van der Waals surface area contributed by atoms with Crippen molar-refractivity contribution in [3.63, 3.8) is 0 Å². The summed E-state index contributed by atoms with van der Waals surface area (Å²) < 4.78 is 11.4. The lowest BCUT2D eigenvalue weighted by Gasteiger charge is -2.20. The SMILES string of the molecule is CCCCC1=CCO[C@@H](C)[C@@H]2OCC=C12. The van der Waals surface area contributed by atoms with Gasteiger partial charge in [0.05, 0.1) is 19.3 Å². The van der Waals surface area contributed by atoms with E-state index in [0.717, 1.165) is 19.6 Å². The highest BCUT2D eigenvalue weighted by molar-refractivity contribution is 5.38. The molecule has 2 atom stereocenters. The lowest BCUT2D eigenvalue weighted by molar-refractivity contribution is -0.0169. The fourth-order valence-corrected chi connectivity index (χ4v) is 2.27. The van der Waals surface area contributed by atoms with Gasteiger partial charge < -0.3 is 9.47 Å². The minimum atomic E-state index is 0.176. The van der Waals surface area contributed by atoms with Gasteiger partial charge in [-0.15, -0.1) is 0 Å². The molecule has 0 fully saturated rings. The van der Waals surface area contributed by atoms with E-state index < -0.39 is 0 Å². The molecule has 2 heteroatoms. The first-order valence-electron chi connectivity index (χ1n) is 5.95. The minimum Gasteiger partial charge on any atom is -0.371 e. The Balaban J connectivity index is 2.11. The summed E-state index contributed by atoms with van der Waals surface area (Å²) in [5.41, 5.74) is 2.83. The number of unbranched alkanes of at least 4 members (excludes halogenated alkanes) is 1. The van der Waals surface area contributed by atoms with Crippen molar-refractivity contribution in [3.05, 3.63) is 23.3 Å². The first-order valence-corrected chi connectivity index (χ1v) is 5.95. The molecule has 0 aromatic heterocycles. The molecule has 0 aromatic carbocycles. The molecule has 0 saturated carbocycles. The van der Waals surface area contributed by atoms with Crippen molar-refractivity contribution in [1.29, 1.82) is 0 Å². The second kappa shape index (κ2) is 4.95. The second-order valence-electron chi connectivity index (χ2n) is 4.28. The van der Waals surface area contributed by atoms with Crippen LogP contribution in [0.1, 0.15) is 33.1 Å². The Hall–Kier alpha value is -0.600. The van der Waals surface area contributed by atoms with Gasteiger partial charge >= 0.3 is 0 Å². The van der Waals surface area contributed by atoms with Crippen LogP contribution in [-0.4, -0.2) is 25.4 Å². The molecule has 0 radical (unpaired) electrons. The van der Waals surface area contributed by atoms with Gasteiger partial charge in [-0.05, 0) is 30.9 Å². The fraction of sp³-hybridized carbons (Fsp3) is 0.692. The molecule has 0 amide bonds. The quantitative estimate of drug-likeness (QED) is 0.710. The van der Waals surface area contributed by atoms with E-state index in [1.165, 1.54) is 24.0 Å². The number of ether oxygens (including phenoxy) is 2. The molecule has 0 bridgehead atoms.